The Kier molecular flexibility index (Phi) is 4.01. The molecule has 0 heterocycles. The van der Waals surface area contributed by atoms with E-state index in [0.29, 0.717) is 0 Å². The van der Waals surface area contributed by atoms with E-state index in [0.717, 1.165) is 6.07 Å². The fourth-order valence-electron chi connectivity index (χ4n) is 1.14. The molecule has 3 nitrogen and oxygen atoms in total. The van der Waals surface area contributed by atoms with Crippen molar-refractivity contribution in [1.29, 1.82) is 0 Å². The van der Waals surface area contributed by atoms with Crippen LogP contribution in [0.2, 0.25) is 5.02 Å². The molecule has 0 fully saturated rings. The average molecular weight is 245 g/mol. The van der Waals surface area contributed by atoms with E-state index in [2.05, 4.69) is 4.74 Å². The first-order valence-electron chi connectivity index (χ1n) is 4.64. The third-order valence-corrected chi connectivity index (χ3v) is 2.27. The first-order valence-corrected chi connectivity index (χ1v) is 5.02. The van der Waals surface area contributed by atoms with Gasteiger partial charge in [-0.25, -0.2) is 9.18 Å². The van der Waals surface area contributed by atoms with Crippen molar-refractivity contribution in [3.63, 3.8) is 0 Å². The molecule has 0 saturated heterocycles. The Morgan fingerprint density at radius 3 is 2.62 bits per heavy atom. The third-order valence-electron chi connectivity index (χ3n) is 1.95. The predicted molar refractivity (Wildman–Crippen MR) is 57.1 cm³/mol. The molecule has 0 spiro atoms. The van der Waals surface area contributed by atoms with Crippen LogP contribution in [-0.2, 0) is 9.53 Å². The highest BCUT2D eigenvalue weighted by Gasteiger charge is 2.21. The van der Waals surface area contributed by atoms with Gasteiger partial charge in [-0.15, -0.1) is 0 Å². The Morgan fingerprint density at radius 1 is 1.44 bits per heavy atom. The van der Waals surface area contributed by atoms with Gasteiger partial charge in [-0.1, -0.05) is 11.6 Å². The lowest BCUT2D eigenvalue weighted by molar-refractivity contribution is -0.137. The summed E-state index contributed by atoms with van der Waals surface area (Å²) in [6.07, 6.45) is 0. The van der Waals surface area contributed by atoms with Gasteiger partial charge in [0.05, 0.1) is 11.6 Å². The maximum Gasteiger partial charge on any atom is 0.379 e. The number of halogens is 2. The van der Waals surface area contributed by atoms with E-state index in [-0.39, 0.29) is 22.8 Å². The van der Waals surface area contributed by atoms with Crippen LogP contribution in [0.15, 0.2) is 12.1 Å². The molecular formula is C11H10ClFO3. The molecule has 0 aliphatic heterocycles. The lowest BCUT2D eigenvalue weighted by Crippen LogP contribution is -2.18. The molecular weight excluding hydrogens is 235 g/mol. The molecule has 0 amide bonds. The summed E-state index contributed by atoms with van der Waals surface area (Å²) in [5.41, 5.74) is 0.205. The van der Waals surface area contributed by atoms with Crippen LogP contribution in [0, 0.1) is 12.7 Å². The van der Waals surface area contributed by atoms with E-state index in [1.807, 2.05) is 0 Å². The van der Waals surface area contributed by atoms with Gasteiger partial charge in [0, 0.05) is 5.56 Å². The summed E-state index contributed by atoms with van der Waals surface area (Å²) >= 11 is 5.67. The molecule has 0 aliphatic carbocycles. The zero-order valence-corrected chi connectivity index (χ0v) is 9.60. The maximum atomic E-state index is 13.1. The van der Waals surface area contributed by atoms with E-state index in [1.165, 1.54) is 13.0 Å². The standard InChI is InChI=1S/C11H10ClFO3/c1-3-16-11(15)10(14)7-4-6(2)9(13)5-8(7)12/h4-5H,3H2,1-2H3. The molecule has 0 saturated carbocycles. The molecule has 1 aromatic carbocycles. The SMILES string of the molecule is CCOC(=O)C(=O)c1cc(C)c(F)cc1Cl. The van der Waals surface area contributed by atoms with Gasteiger partial charge in [0.25, 0.3) is 5.78 Å². The molecule has 0 aromatic heterocycles. The molecule has 86 valence electrons. The maximum absolute atomic E-state index is 13.1. The summed E-state index contributed by atoms with van der Waals surface area (Å²) in [4.78, 5) is 22.7. The van der Waals surface area contributed by atoms with Crippen LogP contribution in [0.1, 0.15) is 22.8 Å². The van der Waals surface area contributed by atoms with Gasteiger partial charge in [0.15, 0.2) is 0 Å². The number of carbonyl (C=O) groups is 2. The summed E-state index contributed by atoms with van der Waals surface area (Å²) in [7, 11) is 0. The number of esters is 1. The van der Waals surface area contributed by atoms with E-state index in [1.54, 1.807) is 6.92 Å². The molecule has 16 heavy (non-hydrogen) atoms. The van der Waals surface area contributed by atoms with Crippen molar-refractivity contribution in [3.05, 3.63) is 34.1 Å². The number of benzene rings is 1. The smallest absolute Gasteiger partial charge is 0.379 e. The highest BCUT2D eigenvalue weighted by molar-refractivity contribution is 6.45. The number of ketones is 1. The second kappa shape index (κ2) is 5.07. The largest absolute Gasteiger partial charge is 0.460 e. The Labute approximate surface area is 97.2 Å². The minimum atomic E-state index is -0.990. The quantitative estimate of drug-likeness (QED) is 0.466. The van der Waals surface area contributed by atoms with Crippen LogP contribution < -0.4 is 0 Å². The number of hydrogen-bond acceptors (Lipinski definition) is 3. The Balaban J connectivity index is 3.09. The van der Waals surface area contributed by atoms with Crippen LogP contribution in [0.3, 0.4) is 0 Å². The molecule has 0 unspecified atom stereocenters. The van der Waals surface area contributed by atoms with Gasteiger partial charge >= 0.3 is 5.97 Å². The van der Waals surface area contributed by atoms with Crippen LogP contribution in [0.5, 0.6) is 0 Å². The number of rotatable bonds is 3. The molecule has 1 rings (SSSR count). The molecule has 0 bridgehead atoms. The van der Waals surface area contributed by atoms with Crippen molar-refractivity contribution >= 4 is 23.4 Å². The topological polar surface area (TPSA) is 43.4 Å². The van der Waals surface area contributed by atoms with E-state index >= 15 is 0 Å². The molecule has 0 atom stereocenters. The van der Waals surface area contributed by atoms with Crippen molar-refractivity contribution in [1.82, 2.24) is 0 Å². The lowest BCUT2D eigenvalue weighted by Gasteiger charge is -2.05. The molecule has 5 heteroatoms. The summed E-state index contributed by atoms with van der Waals surface area (Å²) in [5.74, 6) is -2.38. The Hall–Kier alpha value is -1.42. The molecule has 1 aromatic rings. The summed E-state index contributed by atoms with van der Waals surface area (Å²) in [6, 6.07) is 2.24. The van der Waals surface area contributed by atoms with Crippen molar-refractivity contribution < 1.29 is 18.7 Å². The van der Waals surface area contributed by atoms with Crippen LogP contribution in [-0.4, -0.2) is 18.4 Å². The summed E-state index contributed by atoms with van der Waals surface area (Å²) < 4.78 is 17.6. The van der Waals surface area contributed by atoms with Gasteiger partial charge in [-0.3, -0.25) is 4.79 Å². The van der Waals surface area contributed by atoms with Gasteiger partial charge in [0.2, 0.25) is 0 Å². The first-order chi connectivity index (χ1) is 7.47. The zero-order valence-electron chi connectivity index (χ0n) is 8.84. The highest BCUT2D eigenvalue weighted by Crippen LogP contribution is 2.21. The minimum absolute atomic E-state index is 0.0426. The van der Waals surface area contributed by atoms with Crippen LogP contribution in [0.25, 0.3) is 0 Å². The second-order valence-corrected chi connectivity index (χ2v) is 3.54. The normalized spacial score (nSPS) is 10.0. The minimum Gasteiger partial charge on any atom is -0.460 e. The Bertz CT molecular complexity index is 443. The molecule has 0 aliphatic rings. The van der Waals surface area contributed by atoms with E-state index in [9.17, 15) is 14.0 Å². The van der Waals surface area contributed by atoms with Crippen molar-refractivity contribution in [2.45, 2.75) is 13.8 Å². The monoisotopic (exact) mass is 244 g/mol. The van der Waals surface area contributed by atoms with Gasteiger partial charge in [-0.05, 0) is 31.5 Å². The van der Waals surface area contributed by atoms with Gasteiger partial charge in [0.1, 0.15) is 5.82 Å². The fraction of sp³-hybridized carbons (Fsp3) is 0.273. The van der Waals surface area contributed by atoms with E-state index in [4.69, 9.17) is 11.6 Å². The van der Waals surface area contributed by atoms with E-state index < -0.39 is 17.6 Å². The average Bonchev–Trinajstić information content (AvgIpc) is 2.23. The molecule has 0 radical (unpaired) electrons. The first kappa shape index (κ1) is 12.6. The van der Waals surface area contributed by atoms with Gasteiger partial charge < -0.3 is 4.74 Å². The van der Waals surface area contributed by atoms with Crippen LogP contribution >= 0.6 is 11.6 Å². The number of aryl methyl sites for hydroxylation is 1. The van der Waals surface area contributed by atoms with Crippen LogP contribution in [0.4, 0.5) is 4.39 Å². The summed E-state index contributed by atoms with van der Waals surface area (Å²) in [5, 5.41) is -0.0962. The molecule has 0 N–H and O–H groups in total. The lowest BCUT2D eigenvalue weighted by atomic mass is 10.1. The second-order valence-electron chi connectivity index (χ2n) is 3.13. The third kappa shape index (κ3) is 2.58. The predicted octanol–water partition coefficient (Wildman–Crippen LogP) is 2.53. The van der Waals surface area contributed by atoms with Gasteiger partial charge in [-0.2, -0.15) is 0 Å². The number of carbonyl (C=O) groups excluding carboxylic acids is 2. The number of ether oxygens (including phenoxy) is 1. The Morgan fingerprint density at radius 2 is 2.06 bits per heavy atom. The number of Topliss-reactive ketones (excluding diaryl/α,β-unsaturated/α-hetero) is 1. The highest BCUT2D eigenvalue weighted by atomic mass is 35.5. The zero-order chi connectivity index (χ0) is 12.3. The van der Waals surface area contributed by atoms with Crippen molar-refractivity contribution in [3.8, 4) is 0 Å². The fourth-order valence-corrected chi connectivity index (χ4v) is 1.37. The number of hydrogen-bond donors (Lipinski definition) is 0. The summed E-state index contributed by atoms with van der Waals surface area (Å²) in [6.45, 7) is 3.17. The van der Waals surface area contributed by atoms with Crippen molar-refractivity contribution in [2.24, 2.45) is 0 Å². The van der Waals surface area contributed by atoms with Crippen molar-refractivity contribution in [2.75, 3.05) is 6.61 Å².